The summed E-state index contributed by atoms with van der Waals surface area (Å²) in [6, 6.07) is 1.56. The fraction of sp³-hybridized carbons (Fsp3) is 0.357. The van der Waals surface area contributed by atoms with Crippen molar-refractivity contribution in [3.8, 4) is 10.4 Å². The van der Waals surface area contributed by atoms with Gasteiger partial charge in [0.25, 0.3) is 0 Å². The number of alkyl halides is 6. The number of thiazole rings is 1. The molecule has 0 radical (unpaired) electrons. The first-order valence-electron chi connectivity index (χ1n) is 6.36. The molecule has 1 heterocycles. The van der Waals surface area contributed by atoms with Crippen molar-refractivity contribution in [1.29, 1.82) is 0 Å². The molecule has 0 saturated carbocycles. The molecule has 0 amide bonds. The molecule has 0 N–H and O–H groups in total. The van der Waals surface area contributed by atoms with Crippen LogP contribution in [0.2, 0.25) is 0 Å². The van der Waals surface area contributed by atoms with Gasteiger partial charge in [-0.2, -0.15) is 26.3 Å². The van der Waals surface area contributed by atoms with Crippen molar-refractivity contribution in [1.82, 2.24) is 4.98 Å². The third-order valence-electron chi connectivity index (χ3n) is 2.89. The van der Waals surface area contributed by atoms with Crippen molar-refractivity contribution in [3.63, 3.8) is 0 Å². The van der Waals surface area contributed by atoms with Crippen LogP contribution in [0.25, 0.3) is 10.4 Å². The van der Waals surface area contributed by atoms with Gasteiger partial charge < -0.3 is 0 Å². The Hall–Kier alpha value is -1.57. The maximum absolute atomic E-state index is 12.8. The van der Waals surface area contributed by atoms with E-state index in [1.807, 2.05) is 6.92 Å². The van der Waals surface area contributed by atoms with Crippen molar-refractivity contribution < 1.29 is 26.3 Å². The van der Waals surface area contributed by atoms with E-state index in [0.29, 0.717) is 16.3 Å². The lowest BCUT2D eigenvalue weighted by Crippen LogP contribution is -2.10. The van der Waals surface area contributed by atoms with Crippen molar-refractivity contribution in [3.05, 3.63) is 40.5 Å². The summed E-state index contributed by atoms with van der Waals surface area (Å²) in [7, 11) is 0. The molecule has 0 aliphatic carbocycles. The first kappa shape index (κ1) is 16.8. The van der Waals surface area contributed by atoms with E-state index in [2.05, 4.69) is 4.98 Å². The van der Waals surface area contributed by atoms with Gasteiger partial charge in [0, 0.05) is 6.20 Å². The van der Waals surface area contributed by atoms with Crippen molar-refractivity contribution in [2.75, 3.05) is 0 Å². The van der Waals surface area contributed by atoms with Crippen LogP contribution < -0.4 is 0 Å². The second kappa shape index (κ2) is 5.91. The average Bonchev–Trinajstić information content (AvgIpc) is 2.85. The number of rotatable bonds is 3. The van der Waals surface area contributed by atoms with Crippen LogP contribution in [0.1, 0.15) is 29.5 Å². The number of aryl methyl sites for hydroxylation is 1. The van der Waals surface area contributed by atoms with Crippen LogP contribution in [0.4, 0.5) is 26.3 Å². The normalized spacial score (nSPS) is 12.7. The Morgan fingerprint density at radius 2 is 1.50 bits per heavy atom. The van der Waals surface area contributed by atoms with E-state index in [-0.39, 0.29) is 11.6 Å². The lowest BCUT2D eigenvalue weighted by atomic mass is 10.0. The number of benzene rings is 1. The van der Waals surface area contributed by atoms with E-state index in [4.69, 9.17) is 0 Å². The molecule has 1 aromatic heterocycles. The van der Waals surface area contributed by atoms with Gasteiger partial charge in [0.1, 0.15) is 0 Å². The van der Waals surface area contributed by atoms with Gasteiger partial charge in [-0.1, -0.05) is 6.92 Å². The smallest absolute Gasteiger partial charge is 0.249 e. The van der Waals surface area contributed by atoms with Gasteiger partial charge in [0.2, 0.25) is 0 Å². The Balaban J connectivity index is 2.54. The zero-order valence-electron chi connectivity index (χ0n) is 11.3. The lowest BCUT2D eigenvalue weighted by molar-refractivity contribution is -0.143. The lowest BCUT2D eigenvalue weighted by Gasteiger charge is -2.13. The summed E-state index contributed by atoms with van der Waals surface area (Å²) in [4.78, 5) is 4.31. The Labute approximate surface area is 126 Å². The van der Waals surface area contributed by atoms with Crippen LogP contribution in [0.3, 0.4) is 0 Å². The topological polar surface area (TPSA) is 12.9 Å². The zero-order valence-corrected chi connectivity index (χ0v) is 12.2. The third kappa shape index (κ3) is 3.79. The van der Waals surface area contributed by atoms with E-state index in [1.54, 1.807) is 0 Å². The Morgan fingerprint density at radius 3 is 1.95 bits per heavy atom. The Bertz CT molecular complexity index is 624. The minimum Gasteiger partial charge on any atom is -0.249 e. The summed E-state index contributed by atoms with van der Waals surface area (Å²) in [5, 5.41) is 0.684. The first-order chi connectivity index (χ1) is 10.1. The molecule has 22 heavy (non-hydrogen) atoms. The molecule has 1 aromatic carbocycles. The SMILES string of the molecule is CCCc1ncc(-c2cc(C(F)(F)F)cc(C(F)(F)F)c2)s1. The Morgan fingerprint density at radius 1 is 0.955 bits per heavy atom. The molecular formula is C14H11F6NS. The molecule has 0 bridgehead atoms. The first-order valence-corrected chi connectivity index (χ1v) is 7.17. The van der Waals surface area contributed by atoms with Gasteiger partial charge in [-0.05, 0) is 36.6 Å². The van der Waals surface area contributed by atoms with Crippen LogP contribution in [0, 0.1) is 0 Å². The number of hydrogen-bond donors (Lipinski definition) is 0. The standard InChI is InChI=1S/C14H11F6NS/c1-2-3-12-21-7-11(22-12)8-4-9(13(15,16)17)6-10(5-8)14(18,19)20/h4-7H,2-3H2,1H3. The second-order valence-corrected chi connectivity index (χ2v) is 5.78. The number of hydrogen-bond acceptors (Lipinski definition) is 2. The maximum atomic E-state index is 12.8. The maximum Gasteiger partial charge on any atom is 0.416 e. The highest BCUT2D eigenvalue weighted by atomic mass is 32.1. The van der Waals surface area contributed by atoms with Crippen molar-refractivity contribution in [2.45, 2.75) is 32.1 Å². The molecule has 8 heteroatoms. The van der Waals surface area contributed by atoms with Crippen LogP contribution in [0.15, 0.2) is 24.4 Å². The van der Waals surface area contributed by atoms with Crippen LogP contribution in [-0.2, 0) is 18.8 Å². The largest absolute Gasteiger partial charge is 0.416 e. The molecule has 0 fully saturated rings. The zero-order chi connectivity index (χ0) is 16.5. The van der Waals surface area contributed by atoms with Gasteiger partial charge in [0.15, 0.2) is 0 Å². The highest BCUT2D eigenvalue weighted by Crippen LogP contribution is 2.39. The monoisotopic (exact) mass is 339 g/mol. The molecular weight excluding hydrogens is 328 g/mol. The Kier molecular flexibility index (Phi) is 4.51. The van der Waals surface area contributed by atoms with E-state index in [0.717, 1.165) is 29.9 Å². The number of aromatic nitrogens is 1. The summed E-state index contributed by atoms with van der Waals surface area (Å²) in [5.41, 5.74) is -2.76. The average molecular weight is 339 g/mol. The highest BCUT2D eigenvalue weighted by molar-refractivity contribution is 7.15. The van der Waals surface area contributed by atoms with Gasteiger partial charge in [0.05, 0.1) is 21.0 Å². The summed E-state index contributed by atoms with van der Waals surface area (Å²) in [5.74, 6) is 0. The van der Waals surface area contributed by atoms with Gasteiger partial charge in [-0.25, -0.2) is 4.98 Å². The molecule has 2 rings (SSSR count). The van der Waals surface area contributed by atoms with Crippen LogP contribution >= 0.6 is 11.3 Å². The molecule has 0 aliphatic rings. The summed E-state index contributed by atoms with van der Waals surface area (Å²) < 4.78 is 76.8. The highest BCUT2D eigenvalue weighted by Gasteiger charge is 2.37. The molecule has 0 saturated heterocycles. The van der Waals surface area contributed by atoms with Crippen LogP contribution in [-0.4, -0.2) is 4.98 Å². The summed E-state index contributed by atoms with van der Waals surface area (Å²) in [6.07, 6.45) is -6.94. The molecule has 2 aromatic rings. The van der Waals surface area contributed by atoms with E-state index < -0.39 is 23.5 Å². The predicted octanol–water partition coefficient (Wildman–Crippen LogP) is 5.80. The molecule has 1 nitrogen and oxygen atoms in total. The van der Waals surface area contributed by atoms with Crippen molar-refractivity contribution in [2.24, 2.45) is 0 Å². The number of halogens is 6. The summed E-state index contributed by atoms with van der Waals surface area (Å²) >= 11 is 1.10. The van der Waals surface area contributed by atoms with E-state index in [9.17, 15) is 26.3 Å². The predicted molar refractivity (Wildman–Crippen MR) is 71.5 cm³/mol. The number of nitrogens with zero attached hydrogens (tertiary/aromatic N) is 1. The fourth-order valence-electron chi connectivity index (χ4n) is 1.87. The van der Waals surface area contributed by atoms with E-state index in [1.165, 1.54) is 6.20 Å². The third-order valence-corrected chi connectivity index (χ3v) is 4.00. The molecule has 0 spiro atoms. The van der Waals surface area contributed by atoms with Crippen molar-refractivity contribution >= 4 is 11.3 Å². The minimum atomic E-state index is -4.84. The molecule has 0 atom stereocenters. The van der Waals surface area contributed by atoms with Gasteiger partial charge in [-0.15, -0.1) is 11.3 Å². The van der Waals surface area contributed by atoms with Crippen LogP contribution in [0.5, 0.6) is 0 Å². The molecule has 0 unspecified atom stereocenters. The van der Waals surface area contributed by atoms with E-state index >= 15 is 0 Å². The minimum absolute atomic E-state index is 0.123. The fourth-order valence-corrected chi connectivity index (χ4v) is 2.88. The summed E-state index contributed by atoms with van der Waals surface area (Å²) in [6.45, 7) is 1.91. The van der Waals surface area contributed by atoms with Gasteiger partial charge in [-0.3, -0.25) is 0 Å². The molecule has 0 aliphatic heterocycles. The molecule has 120 valence electrons. The second-order valence-electron chi connectivity index (χ2n) is 4.66. The van der Waals surface area contributed by atoms with Gasteiger partial charge >= 0.3 is 12.4 Å². The quantitative estimate of drug-likeness (QED) is 0.644.